The number of unbranched alkanes of at least 4 members (excludes halogenated alkanes) is 14. The second kappa shape index (κ2) is 36.8. The number of ketones is 1. The van der Waals surface area contributed by atoms with Crippen LogP contribution in [0, 0.1) is 5.92 Å². The van der Waals surface area contributed by atoms with E-state index < -0.39 is 0 Å². The molecule has 0 saturated heterocycles. The summed E-state index contributed by atoms with van der Waals surface area (Å²) in [5.74, 6) is 1.11. The topological polar surface area (TPSA) is 20.3 Å². The van der Waals surface area contributed by atoms with Gasteiger partial charge in [-0.2, -0.15) is 0 Å². The standard InChI is InChI=1S/C43H77NO/c1-5-7-9-11-13-15-17-19-21-23-25-27-29-31-33-35-38-42(41-43(45)39-36-40-44(3)4)37-34-32-30-28-26-24-22-20-18-16-14-12-10-8-6-2/h8,10,13-16,19-22,42H,5-7,9,11-12,17-18,23-41H2,1-4H3/b10-8-,15-13-,16-14-,21-19-,22-20?. The van der Waals surface area contributed by atoms with Crippen LogP contribution >= 0.6 is 0 Å². The van der Waals surface area contributed by atoms with Crippen LogP contribution in [0.25, 0.3) is 0 Å². The number of rotatable bonds is 34. The van der Waals surface area contributed by atoms with Crippen molar-refractivity contribution in [3.63, 3.8) is 0 Å². The molecule has 0 aliphatic heterocycles. The first-order valence-electron chi connectivity index (χ1n) is 19.5. The summed E-state index contributed by atoms with van der Waals surface area (Å²) < 4.78 is 0. The predicted molar refractivity (Wildman–Crippen MR) is 204 cm³/mol. The summed E-state index contributed by atoms with van der Waals surface area (Å²) in [4.78, 5) is 14.9. The number of carbonyl (C=O) groups is 1. The van der Waals surface area contributed by atoms with E-state index in [1.165, 1.54) is 122 Å². The summed E-state index contributed by atoms with van der Waals surface area (Å²) in [6.07, 6.45) is 54.8. The second-order valence-corrected chi connectivity index (χ2v) is 13.5. The van der Waals surface area contributed by atoms with Gasteiger partial charge >= 0.3 is 0 Å². The van der Waals surface area contributed by atoms with Crippen LogP contribution in [0.15, 0.2) is 60.8 Å². The Morgan fingerprint density at radius 1 is 0.511 bits per heavy atom. The minimum absolute atomic E-state index is 0.501. The Morgan fingerprint density at radius 2 is 0.933 bits per heavy atom. The number of Topliss-reactive ketones (excluding diaryl/α,β-unsaturated/α-hetero) is 1. The SMILES string of the molecule is CC/C=C\C/C=C\CC=CCCCCCCCC(CCCCCCCC/C=C\C/C=C\CCCCC)CC(=O)CCCN(C)C. The summed E-state index contributed by atoms with van der Waals surface area (Å²) in [6, 6.07) is 0. The van der Waals surface area contributed by atoms with Crippen LogP contribution in [-0.2, 0) is 4.79 Å². The van der Waals surface area contributed by atoms with E-state index in [1.807, 2.05) is 0 Å². The molecule has 0 spiro atoms. The van der Waals surface area contributed by atoms with Crippen LogP contribution in [0.1, 0.15) is 181 Å². The molecule has 45 heavy (non-hydrogen) atoms. The maximum atomic E-state index is 12.7. The third kappa shape index (κ3) is 36.7. The fourth-order valence-electron chi connectivity index (χ4n) is 5.84. The highest BCUT2D eigenvalue weighted by Crippen LogP contribution is 2.23. The molecule has 0 bridgehead atoms. The smallest absolute Gasteiger partial charge is 0.133 e. The van der Waals surface area contributed by atoms with E-state index in [4.69, 9.17) is 0 Å². The molecule has 0 rings (SSSR count). The molecular formula is C43H77NO. The Hall–Kier alpha value is -1.67. The minimum atomic E-state index is 0.501. The molecule has 0 aliphatic rings. The highest BCUT2D eigenvalue weighted by atomic mass is 16.1. The quantitative estimate of drug-likeness (QED) is 0.0525. The normalized spacial score (nSPS) is 13.3. The highest BCUT2D eigenvalue weighted by molar-refractivity contribution is 5.78. The molecule has 0 aromatic rings. The van der Waals surface area contributed by atoms with Crippen molar-refractivity contribution >= 4 is 5.78 Å². The van der Waals surface area contributed by atoms with Crippen LogP contribution in [0.2, 0.25) is 0 Å². The van der Waals surface area contributed by atoms with E-state index in [0.717, 1.165) is 51.5 Å². The van der Waals surface area contributed by atoms with E-state index in [0.29, 0.717) is 11.7 Å². The lowest BCUT2D eigenvalue weighted by Gasteiger charge is -2.17. The van der Waals surface area contributed by atoms with Gasteiger partial charge in [0.25, 0.3) is 0 Å². The first-order valence-corrected chi connectivity index (χ1v) is 19.5. The Labute approximate surface area is 283 Å². The maximum Gasteiger partial charge on any atom is 0.133 e. The van der Waals surface area contributed by atoms with Gasteiger partial charge in [0.15, 0.2) is 0 Å². The Bertz CT molecular complexity index is 756. The molecular weight excluding hydrogens is 546 g/mol. The summed E-state index contributed by atoms with van der Waals surface area (Å²) >= 11 is 0. The molecule has 0 amide bonds. The molecule has 2 nitrogen and oxygen atoms in total. The lowest BCUT2D eigenvalue weighted by atomic mass is 9.89. The van der Waals surface area contributed by atoms with E-state index >= 15 is 0 Å². The lowest BCUT2D eigenvalue weighted by molar-refractivity contribution is -0.120. The number of hydrogen-bond donors (Lipinski definition) is 0. The molecule has 1 atom stereocenters. The molecule has 2 heteroatoms. The third-order valence-electron chi connectivity index (χ3n) is 8.65. The van der Waals surface area contributed by atoms with Gasteiger partial charge in [0.2, 0.25) is 0 Å². The van der Waals surface area contributed by atoms with Crippen LogP contribution in [-0.4, -0.2) is 31.3 Å². The van der Waals surface area contributed by atoms with Crippen LogP contribution in [0.3, 0.4) is 0 Å². The van der Waals surface area contributed by atoms with Crippen molar-refractivity contribution < 1.29 is 4.79 Å². The third-order valence-corrected chi connectivity index (χ3v) is 8.65. The van der Waals surface area contributed by atoms with Crippen LogP contribution in [0.4, 0.5) is 0 Å². The number of hydrogen-bond acceptors (Lipinski definition) is 2. The number of nitrogens with zero attached hydrogens (tertiary/aromatic N) is 1. The Kier molecular flexibility index (Phi) is 35.4. The fourth-order valence-corrected chi connectivity index (χ4v) is 5.84. The van der Waals surface area contributed by atoms with Crippen molar-refractivity contribution in [3.05, 3.63) is 60.8 Å². The molecule has 0 fully saturated rings. The van der Waals surface area contributed by atoms with Crippen molar-refractivity contribution in [3.8, 4) is 0 Å². The summed E-state index contributed by atoms with van der Waals surface area (Å²) in [5.41, 5.74) is 0. The Morgan fingerprint density at radius 3 is 1.40 bits per heavy atom. The van der Waals surface area contributed by atoms with E-state index in [2.05, 4.69) is 93.6 Å². The molecule has 0 N–H and O–H groups in total. The van der Waals surface area contributed by atoms with E-state index in [9.17, 15) is 4.79 Å². The van der Waals surface area contributed by atoms with Gasteiger partial charge < -0.3 is 4.90 Å². The molecule has 0 aromatic carbocycles. The van der Waals surface area contributed by atoms with Crippen molar-refractivity contribution in [2.45, 2.75) is 181 Å². The minimum Gasteiger partial charge on any atom is -0.309 e. The molecule has 0 aliphatic carbocycles. The second-order valence-electron chi connectivity index (χ2n) is 13.5. The van der Waals surface area contributed by atoms with Crippen molar-refractivity contribution in [1.82, 2.24) is 4.90 Å². The average molecular weight is 624 g/mol. The van der Waals surface area contributed by atoms with Crippen LogP contribution < -0.4 is 0 Å². The molecule has 1 unspecified atom stereocenters. The predicted octanol–water partition coefficient (Wildman–Crippen LogP) is 13.7. The van der Waals surface area contributed by atoms with Gasteiger partial charge in [0, 0.05) is 12.8 Å². The van der Waals surface area contributed by atoms with Crippen molar-refractivity contribution in [2.24, 2.45) is 5.92 Å². The van der Waals surface area contributed by atoms with Gasteiger partial charge in [0.05, 0.1) is 0 Å². The van der Waals surface area contributed by atoms with Gasteiger partial charge in [-0.05, 0) is 97.2 Å². The summed E-state index contributed by atoms with van der Waals surface area (Å²) in [5, 5.41) is 0. The van der Waals surface area contributed by atoms with Gasteiger partial charge in [-0.1, -0.05) is 158 Å². The van der Waals surface area contributed by atoms with Crippen molar-refractivity contribution in [2.75, 3.05) is 20.6 Å². The number of allylic oxidation sites excluding steroid dienone is 10. The molecule has 0 saturated carbocycles. The first-order chi connectivity index (χ1) is 22.1. The van der Waals surface area contributed by atoms with Gasteiger partial charge in [0.1, 0.15) is 5.78 Å². The van der Waals surface area contributed by atoms with E-state index in [-0.39, 0.29) is 0 Å². The van der Waals surface area contributed by atoms with E-state index in [1.54, 1.807) is 0 Å². The van der Waals surface area contributed by atoms with Gasteiger partial charge in [-0.3, -0.25) is 4.79 Å². The lowest BCUT2D eigenvalue weighted by Crippen LogP contribution is -2.15. The first kappa shape index (κ1) is 43.3. The number of carbonyl (C=O) groups excluding carboxylic acids is 1. The van der Waals surface area contributed by atoms with Crippen molar-refractivity contribution in [1.29, 1.82) is 0 Å². The van der Waals surface area contributed by atoms with Crippen LogP contribution in [0.5, 0.6) is 0 Å². The summed E-state index contributed by atoms with van der Waals surface area (Å²) in [7, 11) is 4.20. The highest BCUT2D eigenvalue weighted by Gasteiger charge is 2.14. The zero-order valence-electron chi connectivity index (χ0n) is 30.8. The van der Waals surface area contributed by atoms with Gasteiger partial charge in [-0.15, -0.1) is 0 Å². The molecule has 0 heterocycles. The Balaban J connectivity index is 4.05. The molecule has 260 valence electrons. The molecule has 0 aromatic heterocycles. The summed E-state index contributed by atoms with van der Waals surface area (Å²) in [6.45, 7) is 5.46. The largest absolute Gasteiger partial charge is 0.309 e. The zero-order valence-corrected chi connectivity index (χ0v) is 30.8. The van der Waals surface area contributed by atoms with Gasteiger partial charge in [-0.25, -0.2) is 0 Å². The maximum absolute atomic E-state index is 12.7. The monoisotopic (exact) mass is 624 g/mol. The average Bonchev–Trinajstić information content (AvgIpc) is 3.02. The zero-order chi connectivity index (χ0) is 32.9. The fraction of sp³-hybridized carbons (Fsp3) is 0.744. The molecule has 0 radical (unpaired) electrons.